The van der Waals surface area contributed by atoms with Gasteiger partial charge in [0.1, 0.15) is 0 Å². The van der Waals surface area contributed by atoms with Crippen LogP contribution in [0.2, 0.25) is 0 Å². The maximum absolute atomic E-state index is 12.3. The number of amides is 1. The zero-order valence-corrected chi connectivity index (χ0v) is 11.9. The second kappa shape index (κ2) is 5.48. The highest BCUT2D eigenvalue weighted by molar-refractivity contribution is 5.87. The number of piperidine rings is 1. The van der Waals surface area contributed by atoms with Crippen molar-refractivity contribution in [2.75, 3.05) is 6.54 Å². The van der Waals surface area contributed by atoms with Gasteiger partial charge in [-0.25, -0.2) is 4.79 Å². The molecule has 2 fully saturated rings. The molecular weight excluding hydrogens is 268 g/mol. The molecule has 3 rings (SSSR count). The van der Waals surface area contributed by atoms with Crippen LogP contribution in [0, 0.1) is 0 Å². The van der Waals surface area contributed by atoms with E-state index in [-0.39, 0.29) is 23.1 Å². The average molecular weight is 288 g/mol. The van der Waals surface area contributed by atoms with E-state index in [4.69, 9.17) is 5.11 Å². The van der Waals surface area contributed by atoms with Crippen molar-refractivity contribution in [3.05, 3.63) is 35.4 Å². The third-order valence-corrected chi connectivity index (χ3v) is 4.42. The van der Waals surface area contributed by atoms with Gasteiger partial charge in [0.05, 0.1) is 17.1 Å². The standard InChI is InChI=1S/C16H20N2O3/c19-14(13-3-1-2-10-17-13)18-16(8-9-16)12-6-4-11(5-7-12)15(20)21/h4-7,13,17H,1-3,8-10H2,(H,18,19)(H,20,21)/t13-/m1/s1. The van der Waals surface area contributed by atoms with Gasteiger partial charge < -0.3 is 15.7 Å². The van der Waals surface area contributed by atoms with Crippen LogP contribution in [0.4, 0.5) is 0 Å². The molecule has 2 aliphatic rings. The Hall–Kier alpha value is -1.88. The van der Waals surface area contributed by atoms with Gasteiger partial charge in [0.2, 0.25) is 5.91 Å². The van der Waals surface area contributed by atoms with Crippen molar-refractivity contribution in [2.45, 2.75) is 43.7 Å². The third-order valence-electron chi connectivity index (χ3n) is 4.42. The van der Waals surface area contributed by atoms with Gasteiger partial charge in [-0.15, -0.1) is 0 Å². The van der Waals surface area contributed by atoms with Crippen LogP contribution in [-0.2, 0) is 10.3 Å². The Bertz CT molecular complexity index is 543. The minimum Gasteiger partial charge on any atom is -0.478 e. The summed E-state index contributed by atoms with van der Waals surface area (Å²) in [7, 11) is 0. The zero-order chi connectivity index (χ0) is 14.9. The third kappa shape index (κ3) is 2.93. The second-order valence-electron chi connectivity index (χ2n) is 5.96. The number of carbonyl (C=O) groups is 2. The number of rotatable bonds is 4. The molecule has 0 spiro atoms. The van der Waals surface area contributed by atoms with Gasteiger partial charge in [-0.2, -0.15) is 0 Å². The molecule has 0 unspecified atom stereocenters. The number of hydrogen-bond donors (Lipinski definition) is 3. The van der Waals surface area contributed by atoms with E-state index in [1.54, 1.807) is 12.1 Å². The summed E-state index contributed by atoms with van der Waals surface area (Å²) >= 11 is 0. The summed E-state index contributed by atoms with van der Waals surface area (Å²) in [6.45, 7) is 0.901. The lowest BCUT2D eigenvalue weighted by molar-refractivity contribution is -0.124. The van der Waals surface area contributed by atoms with Crippen molar-refractivity contribution in [1.29, 1.82) is 0 Å². The second-order valence-corrected chi connectivity index (χ2v) is 5.96. The molecule has 1 aromatic rings. The van der Waals surface area contributed by atoms with Gasteiger partial charge in [0, 0.05) is 0 Å². The summed E-state index contributed by atoms with van der Waals surface area (Å²) in [5.74, 6) is -0.864. The van der Waals surface area contributed by atoms with E-state index in [2.05, 4.69) is 10.6 Å². The van der Waals surface area contributed by atoms with Gasteiger partial charge in [-0.1, -0.05) is 18.6 Å². The van der Waals surface area contributed by atoms with E-state index >= 15 is 0 Å². The topological polar surface area (TPSA) is 78.4 Å². The highest BCUT2D eigenvalue weighted by Gasteiger charge is 2.46. The van der Waals surface area contributed by atoms with Crippen molar-refractivity contribution < 1.29 is 14.7 Å². The largest absolute Gasteiger partial charge is 0.478 e. The van der Waals surface area contributed by atoms with Crippen LogP contribution in [0.1, 0.15) is 48.0 Å². The number of carboxylic acids is 1. The van der Waals surface area contributed by atoms with E-state index in [0.29, 0.717) is 0 Å². The van der Waals surface area contributed by atoms with Crippen LogP contribution in [0.3, 0.4) is 0 Å². The number of carboxylic acid groups (broad SMARTS) is 1. The predicted octanol–water partition coefficient (Wildman–Crippen LogP) is 1.63. The molecule has 5 heteroatoms. The Labute approximate surface area is 123 Å². The van der Waals surface area contributed by atoms with Gasteiger partial charge in [0.15, 0.2) is 0 Å². The highest BCUT2D eigenvalue weighted by Crippen LogP contribution is 2.45. The molecule has 1 aromatic carbocycles. The Morgan fingerprint density at radius 2 is 1.90 bits per heavy atom. The van der Waals surface area contributed by atoms with Gasteiger partial charge in [-0.3, -0.25) is 4.79 Å². The fourth-order valence-electron chi connectivity index (χ4n) is 2.94. The molecule has 1 aliphatic heterocycles. The Morgan fingerprint density at radius 3 is 2.43 bits per heavy atom. The first-order valence-corrected chi connectivity index (χ1v) is 7.50. The Kier molecular flexibility index (Phi) is 3.68. The molecule has 1 saturated heterocycles. The van der Waals surface area contributed by atoms with Gasteiger partial charge in [-0.05, 0) is 49.9 Å². The Balaban J connectivity index is 1.69. The molecular formula is C16H20N2O3. The maximum atomic E-state index is 12.3. The van der Waals surface area contributed by atoms with Crippen molar-refractivity contribution in [1.82, 2.24) is 10.6 Å². The molecule has 1 atom stereocenters. The first-order valence-electron chi connectivity index (χ1n) is 7.50. The van der Waals surface area contributed by atoms with E-state index in [1.165, 1.54) is 0 Å². The summed E-state index contributed by atoms with van der Waals surface area (Å²) in [6, 6.07) is 6.73. The van der Waals surface area contributed by atoms with Gasteiger partial charge in [0.25, 0.3) is 0 Å². The number of carbonyl (C=O) groups excluding carboxylic acids is 1. The SMILES string of the molecule is O=C(O)c1ccc(C2(NC(=O)[C@H]3CCCCN3)CC2)cc1. The van der Waals surface area contributed by atoms with E-state index in [1.807, 2.05) is 12.1 Å². The Morgan fingerprint density at radius 1 is 1.19 bits per heavy atom. The first-order chi connectivity index (χ1) is 10.1. The van der Waals surface area contributed by atoms with E-state index in [0.717, 1.165) is 44.2 Å². The molecule has 112 valence electrons. The maximum Gasteiger partial charge on any atom is 0.335 e. The number of aromatic carboxylic acids is 1. The lowest BCUT2D eigenvalue weighted by Gasteiger charge is -2.26. The normalized spacial score (nSPS) is 23.3. The predicted molar refractivity (Wildman–Crippen MR) is 78.1 cm³/mol. The highest BCUT2D eigenvalue weighted by atomic mass is 16.4. The summed E-state index contributed by atoms with van der Waals surface area (Å²) in [4.78, 5) is 23.2. The lowest BCUT2D eigenvalue weighted by atomic mass is 10.0. The van der Waals surface area contributed by atoms with E-state index in [9.17, 15) is 9.59 Å². The minimum absolute atomic E-state index is 0.0644. The summed E-state index contributed by atoms with van der Waals surface area (Å²) in [5, 5.41) is 15.3. The number of benzene rings is 1. The molecule has 0 aromatic heterocycles. The molecule has 5 nitrogen and oxygen atoms in total. The summed E-state index contributed by atoms with van der Waals surface area (Å²) in [5.41, 5.74) is 0.985. The number of nitrogens with one attached hydrogen (secondary N) is 2. The van der Waals surface area contributed by atoms with Crippen LogP contribution in [-0.4, -0.2) is 29.6 Å². The summed E-state index contributed by atoms with van der Waals surface area (Å²) < 4.78 is 0. The molecule has 3 N–H and O–H groups in total. The lowest BCUT2D eigenvalue weighted by Crippen LogP contribution is -2.49. The van der Waals surface area contributed by atoms with E-state index < -0.39 is 5.97 Å². The molecule has 0 radical (unpaired) electrons. The van der Waals surface area contributed by atoms with Crippen molar-refractivity contribution in [3.63, 3.8) is 0 Å². The smallest absolute Gasteiger partial charge is 0.335 e. The molecule has 1 aliphatic carbocycles. The van der Waals surface area contributed by atoms with Crippen molar-refractivity contribution >= 4 is 11.9 Å². The van der Waals surface area contributed by atoms with Gasteiger partial charge >= 0.3 is 5.97 Å². The molecule has 1 saturated carbocycles. The quantitative estimate of drug-likeness (QED) is 0.787. The molecule has 1 amide bonds. The summed E-state index contributed by atoms with van der Waals surface area (Å²) in [6.07, 6.45) is 4.94. The molecule has 0 bridgehead atoms. The van der Waals surface area contributed by atoms with Crippen LogP contribution >= 0.6 is 0 Å². The van der Waals surface area contributed by atoms with Crippen molar-refractivity contribution in [2.24, 2.45) is 0 Å². The van der Waals surface area contributed by atoms with Crippen LogP contribution in [0.25, 0.3) is 0 Å². The molecule has 1 heterocycles. The van der Waals surface area contributed by atoms with Crippen LogP contribution in [0.5, 0.6) is 0 Å². The molecule has 21 heavy (non-hydrogen) atoms. The van der Waals surface area contributed by atoms with Crippen molar-refractivity contribution in [3.8, 4) is 0 Å². The fraction of sp³-hybridized carbons (Fsp3) is 0.500. The fourth-order valence-corrected chi connectivity index (χ4v) is 2.94. The minimum atomic E-state index is -0.929. The first kappa shape index (κ1) is 14.1. The monoisotopic (exact) mass is 288 g/mol. The van der Waals surface area contributed by atoms with Crippen LogP contribution in [0.15, 0.2) is 24.3 Å². The zero-order valence-electron chi connectivity index (χ0n) is 11.9. The number of hydrogen-bond acceptors (Lipinski definition) is 3. The van der Waals surface area contributed by atoms with Crippen LogP contribution < -0.4 is 10.6 Å². The average Bonchev–Trinajstić information content (AvgIpc) is 3.29.